The highest BCUT2D eigenvalue weighted by molar-refractivity contribution is 6.09. The third-order valence-corrected chi connectivity index (χ3v) is 4.81. The molecule has 0 spiro atoms. The van der Waals surface area contributed by atoms with E-state index >= 15 is 0 Å². The van der Waals surface area contributed by atoms with E-state index in [2.05, 4.69) is 35.6 Å². The Morgan fingerprint density at radius 2 is 1.09 bits per heavy atom. The van der Waals surface area contributed by atoms with Crippen LogP contribution in [0, 0.1) is 0 Å². The van der Waals surface area contributed by atoms with Gasteiger partial charge in [-0.1, -0.05) is 6.07 Å². The van der Waals surface area contributed by atoms with Crippen LogP contribution in [0.3, 0.4) is 0 Å². The van der Waals surface area contributed by atoms with Crippen LogP contribution in [0.5, 0.6) is 0 Å². The molecule has 0 aliphatic rings. The van der Waals surface area contributed by atoms with Crippen LogP contribution in [-0.4, -0.2) is 36.7 Å². The number of hydrogen-bond donors (Lipinski definition) is 2. The summed E-state index contributed by atoms with van der Waals surface area (Å²) in [5.41, 5.74) is 0.153. The lowest BCUT2D eigenvalue weighted by Crippen LogP contribution is -2.19. The predicted octanol–water partition coefficient (Wildman–Crippen LogP) is 3.47. The maximum absolute atomic E-state index is 12.8. The molecule has 0 radical (unpaired) electrons. The topological polar surface area (TPSA) is 123 Å². The first-order valence-electron chi connectivity index (χ1n) is 9.66. The van der Waals surface area contributed by atoms with Crippen molar-refractivity contribution < 1.29 is 9.59 Å². The van der Waals surface area contributed by atoms with Crippen LogP contribution in [-0.2, 0) is 0 Å². The number of hydrogen-bond acceptors (Lipinski definition) is 7. The Balaban J connectivity index is 1.39. The summed E-state index contributed by atoms with van der Waals surface area (Å²) in [7, 11) is 0. The average Bonchev–Trinajstić information content (AvgIpc) is 2.84. The standard InChI is InChI=1S/C23H15N7O2/c31-22(29-20-16-12-24-8-4-14(16)6-10-26-20)18-2-1-3-19(28-18)23(32)30-21-17-13-25-9-5-15(17)7-11-27-21/h1-13H,(H,26,29,31)(H,27,30,32). The Kier molecular flexibility index (Phi) is 4.89. The molecule has 2 N–H and O–H groups in total. The molecule has 154 valence electrons. The van der Waals surface area contributed by atoms with Crippen molar-refractivity contribution in [2.45, 2.75) is 0 Å². The summed E-state index contributed by atoms with van der Waals surface area (Å²) in [6.07, 6.45) is 9.78. The lowest BCUT2D eigenvalue weighted by atomic mass is 10.2. The molecule has 0 fully saturated rings. The Labute approximate surface area is 181 Å². The quantitative estimate of drug-likeness (QED) is 0.455. The van der Waals surface area contributed by atoms with E-state index in [1.54, 1.807) is 43.2 Å². The van der Waals surface area contributed by atoms with E-state index in [9.17, 15) is 9.59 Å². The van der Waals surface area contributed by atoms with Crippen molar-refractivity contribution in [3.05, 3.63) is 91.0 Å². The van der Waals surface area contributed by atoms with Crippen LogP contribution in [0.1, 0.15) is 21.0 Å². The van der Waals surface area contributed by atoms with Gasteiger partial charge in [0.1, 0.15) is 23.0 Å². The van der Waals surface area contributed by atoms with Gasteiger partial charge in [0.25, 0.3) is 11.8 Å². The molecule has 0 saturated carbocycles. The van der Waals surface area contributed by atoms with Crippen molar-refractivity contribution in [3.63, 3.8) is 0 Å². The van der Waals surface area contributed by atoms with E-state index in [1.807, 2.05) is 24.3 Å². The molecule has 0 aliphatic carbocycles. The van der Waals surface area contributed by atoms with Gasteiger partial charge in [0.05, 0.1) is 0 Å². The molecule has 0 aliphatic heterocycles. The van der Waals surface area contributed by atoms with E-state index in [4.69, 9.17) is 0 Å². The Bertz CT molecular complexity index is 1370. The zero-order chi connectivity index (χ0) is 21.9. The third kappa shape index (κ3) is 3.70. The molecule has 32 heavy (non-hydrogen) atoms. The van der Waals surface area contributed by atoms with Crippen LogP contribution >= 0.6 is 0 Å². The number of carbonyl (C=O) groups excluding carboxylic acids is 2. The van der Waals surface area contributed by atoms with Crippen LogP contribution in [0.25, 0.3) is 21.5 Å². The average molecular weight is 421 g/mol. The molecule has 0 unspecified atom stereocenters. The molecule has 5 rings (SSSR count). The molecular formula is C23H15N7O2. The fourth-order valence-electron chi connectivity index (χ4n) is 3.25. The first-order valence-corrected chi connectivity index (χ1v) is 9.66. The zero-order valence-electron chi connectivity index (χ0n) is 16.6. The van der Waals surface area contributed by atoms with Gasteiger partial charge < -0.3 is 10.6 Å². The second-order valence-electron chi connectivity index (χ2n) is 6.83. The number of pyridine rings is 5. The first kappa shape index (κ1) is 19.2. The van der Waals surface area contributed by atoms with Gasteiger partial charge in [-0.2, -0.15) is 0 Å². The maximum Gasteiger partial charge on any atom is 0.275 e. The largest absolute Gasteiger partial charge is 0.305 e. The molecule has 0 saturated heterocycles. The van der Waals surface area contributed by atoms with Crippen molar-refractivity contribution in [2.24, 2.45) is 0 Å². The first-order chi connectivity index (χ1) is 15.7. The predicted molar refractivity (Wildman–Crippen MR) is 119 cm³/mol. The van der Waals surface area contributed by atoms with Crippen LogP contribution in [0.2, 0.25) is 0 Å². The fraction of sp³-hybridized carbons (Fsp3) is 0. The number of anilines is 2. The van der Waals surface area contributed by atoms with Gasteiger partial charge in [-0.15, -0.1) is 0 Å². The summed E-state index contributed by atoms with van der Waals surface area (Å²) in [6.45, 7) is 0. The fourth-order valence-corrected chi connectivity index (χ4v) is 3.25. The minimum absolute atomic E-state index is 0.0767. The molecule has 9 heteroatoms. The maximum atomic E-state index is 12.8. The molecule has 5 aromatic heterocycles. The molecule has 9 nitrogen and oxygen atoms in total. The minimum atomic E-state index is -0.490. The molecule has 0 atom stereocenters. The van der Waals surface area contributed by atoms with Crippen molar-refractivity contribution in [2.75, 3.05) is 10.6 Å². The molecule has 5 heterocycles. The van der Waals surface area contributed by atoms with Gasteiger partial charge >= 0.3 is 0 Å². The van der Waals surface area contributed by atoms with Gasteiger partial charge in [-0.3, -0.25) is 19.6 Å². The van der Waals surface area contributed by atoms with Gasteiger partial charge in [0.2, 0.25) is 0 Å². The van der Waals surface area contributed by atoms with Gasteiger partial charge in [0.15, 0.2) is 0 Å². The van der Waals surface area contributed by atoms with Crippen molar-refractivity contribution >= 4 is 45.0 Å². The number of nitrogens with zero attached hydrogens (tertiary/aromatic N) is 5. The summed E-state index contributed by atoms with van der Waals surface area (Å²) in [5, 5.41) is 8.66. The second-order valence-corrected chi connectivity index (χ2v) is 6.83. The summed E-state index contributed by atoms with van der Waals surface area (Å²) in [6, 6.07) is 11.9. The number of amides is 2. The number of aromatic nitrogens is 5. The third-order valence-electron chi connectivity index (χ3n) is 4.81. The summed E-state index contributed by atoms with van der Waals surface area (Å²) in [4.78, 5) is 46.4. The van der Waals surface area contributed by atoms with Crippen LogP contribution in [0.15, 0.2) is 79.6 Å². The molecule has 5 aromatic rings. The van der Waals surface area contributed by atoms with Crippen LogP contribution in [0.4, 0.5) is 11.6 Å². The number of rotatable bonds is 4. The van der Waals surface area contributed by atoms with E-state index < -0.39 is 11.8 Å². The van der Waals surface area contributed by atoms with Gasteiger partial charge in [0, 0.05) is 48.0 Å². The Hall–Kier alpha value is -4.79. The summed E-state index contributed by atoms with van der Waals surface area (Å²) < 4.78 is 0. The van der Waals surface area contributed by atoms with Crippen molar-refractivity contribution in [1.82, 2.24) is 24.9 Å². The van der Waals surface area contributed by atoms with Gasteiger partial charge in [-0.05, 0) is 47.2 Å². The lowest BCUT2D eigenvalue weighted by Gasteiger charge is -2.09. The van der Waals surface area contributed by atoms with Gasteiger partial charge in [-0.25, -0.2) is 15.0 Å². The monoisotopic (exact) mass is 421 g/mol. The van der Waals surface area contributed by atoms with Crippen molar-refractivity contribution in [1.29, 1.82) is 0 Å². The SMILES string of the molecule is O=C(Nc1nccc2ccncc12)c1cccc(C(=O)Nc2nccc3ccncc23)n1. The second kappa shape index (κ2) is 8.15. The van der Waals surface area contributed by atoms with E-state index in [1.165, 1.54) is 12.1 Å². The lowest BCUT2D eigenvalue weighted by molar-refractivity contribution is 0.101. The highest BCUT2D eigenvalue weighted by atomic mass is 16.2. The van der Waals surface area contributed by atoms with E-state index in [0.29, 0.717) is 22.4 Å². The van der Waals surface area contributed by atoms with E-state index in [-0.39, 0.29) is 11.4 Å². The highest BCUT2D eigenvalue weighted by Crippen LogP contribution is 2.21. The Morgan fingerprint density at radius 1 is 0.625 bits per heavy atom. The normalized spacial score (nSPS) is 10.8. The number of carbonyl (C=O) groups is 2. The Morgan fingerprint density at radius 3 is 1.59 bits per heavy atom. The molecular weight excluding hydrogens is 406 g/mol. The van der Waals surface area contributed by atoms with Crippen LogP contribution < -0.4 is 10.6 Å². The van der Waals surface area contributed by atoms with E-state index in [0.717, 1.165) is 10.8 Å². The smallest absolute Gasteiger partial charge is 0.275 e. The molecule has 0 bridgehead atoms. The highest BCUT2D eigenvalue weighted by Gasteiger charge is 2.15. The molecule has 0 aromatic carbocycles. The minimum Gasteiger partial charge on any atom is -0.305 e. The molecule has 2 amide bonds. The van der Waals surface area contributed by atoms with Crippen molar-refractivity contribution in [3.8, 4) is 0 Å². The summed E-state index contributed by atoms with van der Waals surface area (Å²) >= 11 is 0. The zero-order valence-corrected chi connectivity index (χ0v) is 16.6. The summed E-state index contributed by atoms with van der Waals surface area (Å²) in [5.74, 6) is -0.249. The number of fused-ring (bicyclic) bond motifs is 2. The number of nitrogens with one attached hydrogen (secondary N) is 2.